The number of nitrogens with zero attached hydrogens (tertiary/aromatic N) is 3. The predicted octanol–water partition coefficient (Wildman–Crippen LogP) is 4.65. The van der Waals surface area contributed by atoms with Gasteiger partial charge in [-0.15, -0.1) is 10.2 Å². The molecule has 28 heavy (non-hydrogen) atoms. The number of carbonyl (C=O) groups is 1. The van der Waals surface area contributed by atoms with Crippen molar-refractivity contribution in [1.82, 2.24) is 14.8 Å². The number of anilines is 1. The Bertz CT molecular complexity index is 1000. The van der Waals surface area contributed by atoms with Gasteiger partial charge in [-0.25, -0.2) is 4.39 Å². The van der Waals surface area contributed by atoms with Gasteiger partial charge in [0, 0.05) is 24.2 Å². The number of nitrogens with one attached hydrogen (secondary N) is 1. The first-order valence-electron chi connectivity index (χ1n) is 9.36. The molecule has 1 aromatic heterocycles. The average molecular weight is 399 g/mol. The first-order valence-corrected chi connectivity index (χ1v) is 9.74. The van der Waals surface area contributed by atoms with Crippen LogP contribution in [-0.4, -0.2) is 20.7 Å². The van der Waals surface area contributed by atoms with Crippen LogP contribution in [0.1, 0.15) is 30.7 Å². The molecular formula is C21H20ClFN4O. The number of aryl methyl sites for hydroxylation is 1. The summed E-state index contributed by atoms with van der Waals surface area (Å²) in [4.78, 5) is 12.4. The number of benzene rings is 2. The van der Waals surface area contributed by atoms with Gasteiger partial charge in [0.2, 0.25) is 5.91 Å². The molecule has 1 aliphatic rings. The molecule has 0 fully saturated rings. The van der Waals surface area contributed by atoms with Crippen LogP contribution in [0.25, 0.3) is 11.4 Å². The minimum absolute atomic E-state index is 0.165. The second kappa shape index (κ2) is 8.10. The third-order valence-electron chi connectivity index (χ3n) is 4.88. The Balaban J connectivity index is 1.55. The van der Waals surface area contributed by atoms with Crippen molar-refractivity contribution in [2.75, 3.05) is 5.32 Å². The summed E-state index contributed by atoms with van der Waals surface area (Å²) in [6.45, 7) is 0.870. The molecule has 5 nitrogen and oxygen atoms in total. The zero-order valence-corrected chi connectivity index (χ0v) is 16.0. The van der Waals surface area contributed by atoms with Gasteiger partial charge in [0.1, 0.15) is 11.6 Å². The highest BCUT2D eigenvalue weighted by Gasteiger charge is 2.18. The summed E-state index contributed by atoms with van der Waals surface area (Å²) in [7, 11) is 0. The van der Waals surface area contributed by atoms with Crippen molar-refractivity contribution in [2.45, 2.75) is 38.6 Å². The summed E-state index contributed by atoms with van der Waals surface area (Å²) in [5, 5.41) is 12.1. The normalized spacial score (nSPS) is 13.6. The van der Waals surface area contributed by atoms with Crippen LogP contribution >= 0.6 is 11.6 Å². The molecule has 2 heterocycles. The fraction of sp³-hybridized carbons (Fsp3) is 0.286. The summed E-state index contributed by atoms with van der Waals surface area (Å²) >= 11 is 6.42. The summed E-state index contributed by atoms with van der Waals surface area (Å²) in [5.74, 6) is 1.21. The summed E-state index contributed by atoms with van der Waals surface area (Å²) in [5.41, 5.74) is 2.13. The molecule has 1 aliphatic heterocycles. The molecule has 0 aliphatic carbocycles. The number of amides is 1. The van der Waals surface area contributed by atoms with Crippen molar-refractivity contribution >= 4 is 23.2 Å². The van der Waals surface area contributed by atoms with Crippen molar-refractivity contribution in [1.29, 1.82) is 0 Å². The van der Waals surface area contributed by atoms with Gasteiger partial charge in [0.15, 0.2) is 5.82 Å². The zero-order chi connectivity index (χ0) is 19.5. The molecule has 144 valence electrons. The minimum Gasteiger partial charge on any atom is -0.326 e. The van der Waals surface area contributed by atoms with Crippen LogP contribution in [0, 0.1) is 5.82 Å². The maximum Gasteiger partial charge on any atom is 0.228 e. The van der Waals surface area contributed by atoms with E-state index in [1.165, 1.54) is 18.6 Å². The lowest BCUT2D eigenvalue weighted by atomic mass is 10.1. The molecule has 1 N–H and O–H groups in total. The number of carbonyl (C=O) groups excluding carboxylic acids is 1. The van der Waals surface area contributed by atoms with Crippen molar-refractivity contribution < 1.29 is 9.18 Å². The molecule has 0 spiro atoms. The Labute approximate surface area is 167 Å². The van der Waals surface area contributed by atoms with Crippen molar-refractivity contribution in [3.05, 3.63) is 64.7 Å². The average Bonchev–Trinajstić information content (AvgIpc) is 2.93. The summed E-state index contributed by atoms with van der Waals surface area (Å²) in [6, 6.07) is 11.2. The molecule has 4 rings (SSSR count). The maximum absolute atomic E-state index is 13.0. The van der Waals surface area contributed by atoms with Crippen LogP contribution < -0.4 is 5.32 Å². The molecule has 0 radical (unpaired) electrons. The van der Waals surface area contributed by atoms with Crippen LogP contribution in [0.15, 0.2) is 42.5 Å². The van der Waals surface area contributed by atoms with Gasteiger partial charge in [-0.3, -0.25) is 4.79 Å². The van der Waals surface area contributed by atoms with Gasteiger partial charge in [0.25, 0.3) is 0 Å². The van der Waals surface area contributed by atoms with E-state index in [4.69, 9.17) is 11.6 Å². The molecule has 3 aromatic rings. The topological polar surface area (TPSA) is 59.8 Å². The van der Waals surface area contributed by atoms with Crippen LogP contribution in [0.5, 0.6) is 0 Å². The number of aromatic nitrogens is 3. The summed E-state index contributed by atoms with van der Waals surface area (Å²) < 4.78 is 15.1. The van der Waals surface area contributed by atoms with Crippen LogP contribution in [0.3, 0.4) is 0 Å². The van der Waals surface area contributed by atoms with E-state index in [9.17, 15) is 9.18 Å². The SMILES string of the molecule is O=C(Cc1ccc(F)cc1)Nc1ccc(Cl)c(-c2nnc3n2CCCCC3)c1. The second-order valence-corrected chi connectivity index (χ2v) is 7.36. The number of rotatable bonds is 4. The number of halogens is 2. The van der Waals surface area contributed by atoms with Gasteiger partial charge in [-0.05, 0) is 48.7 Å². The Kier molecular flexibility index (Phi) is 5.39. The fourth-order valence-electron chi connectivity index (χ4n) is 3.45. The van der Waals surface area contributed by atoms with E-state index < -0.39 is 0 Å². The number of hydrogen-bond acceptors (Lipinski definition) is 3. The first-order chi connectivity index (χ1) is 13.6. The van der Waals surface area contributed by atoms with E-state index >= 15 is 0 Å². The lowest BCUT2D eigenvalue weighted by molar-refractivity contribution is -0.115. The van der Waals surface area contributed by atoms with Crippen molar-refractivity contribution in [2.24, 2.45) is 0 Å². The van der Waals surface area contributed by atoms with Crippen LogP contribution in [-0.2, 0) is 24.2 Å². The molecular weight excluding hydrogens is 379 g/mol. The van der Waals surface area contributed by atoms with E-state index in [1.807, 2.05) is 6.07 Å². The smallest absolute Gasteiger partial charge is 0.228 e. The Hall–Kier alpha value is -2.73. The van der Waals surface area contributed by atoms with E-state index in [0.29, 0.717) is 10.7 Å². The molecule has 0 atom stereocenters. The first kappa shape index (κ1) is 18.6. The number of hydrogen-bond donors (Lipinski definition) is 1. The van der Waals surface area contributed by atoms with E-state index in [0.717, 1.165) is 48.6 Å². The highest BCUT2D eigenvalue weighted by atomic mass is 35.5. The second-order valence-electron chi connectivity index (χ2n) is 6.95. The fourth-order valence-corrected chi connectivity index (χ4v) is 3.65. The van der Waals surface area contributed by atoms with Crippen molar-refractivity contribution in [3.63, 3.8) is 0 Å². The molecule has 0 saturated heterocycles. The van der Waals surface area contributed by atoms with Crippen LogP contribution in [0.2, 0.25) is 5.02 Å². The lowest BCUT2D eigenvalue weighted by Crippen LogP contribution is -2.14. The molecule has 0 bridgehead atoms. The van der Waals surface area contributed by atoms with Crippen LogP contribution in [0.4, 0.5) is 10.1 Å². The van der Waals surface area contributed by atoms with E-state index in [1.54, 1.807) is 24.3 Å². The van der Waals surface area contributed by atoms with Gasteiger partial charge >= 0.3 is 0 Å². The Morgan fingerprint density at radius 2 is 1.93 bits per heavy atom. The third-order valence-corrected chi connectivity index (χ3v) is 5.21. The Morgan fingerprint density at radius 1 is 1.11 bits per heavy atom. The van der Waals surface area contributed by atoms with Gasteiger partial charge in [-0.2, -0.15) is 0 Å². The molecule has 0 saturated carbocycles. The standard InChI is InChI=1S/C21H20ClFN4O/c22-18-10-9-16(24-20(28)12-14-5-7-15(23)8-6-14)13-17(18)21-26-25-19-4-2-1-3-11-27(19)21/h5-10,13H,1-4,11-12H2,(H,24,28). The monoisotopic (exact) mass is 398 g/mol. The highest BCUT2D eigenvalue weighted by molar-refractivity contribution is 6.33. The van der Waals surface area contributed by atoms with Gasteiger partial charge in [0.05, 0.1) is 11.4 Å². The molecule has 1 amide bonds. The largest absolute Gasteiger partial charge is 0.326 e. The molecule has 7 heteroatoms. The van der Waals surface area contributed by atoms with E-state index in [-0.39, 0.29) is 18.1 Å². The quantitative estimate of drug-likeness (QED) is 0.696. The Morgan fingerprint density at radius 3 is 2.75 bits per heavy atom. The van der Waals surface area contributed by atoms with Gasteiger partial charge < -0.3 is 9.88 Å². The lowest BCUT2D eigenvalue weighted by Gasteiger charge is -2.11. The molecule has 0 unspecified atom stereocenters. The van der Waals surface area contributed by atoms with Gasteiger partial charge in [-0.1, -0.05) is 30.2 Å². The minimum atomic E-state index is -0.320. The highest BCUT2D eigenvalue weighted by Crippen LogP contribution is 2.31. The maximum atomic E-state index is 13.0. The van der Waals surface area contributed by atoms with E-state index in [2.05, 4.69) is 20.1 Å². The molecule has 2 aromatic carbocycles. The zero-order valence-electron chi connectivity index (χ0n) is 15.3. The summed E-state index contributed by atoms with van der Waals surface area (Å²) in [6.07, 6.45) is 4.46. The van der Waals surface area contributed by atoms with Crippen molar-refractivity contribution in [3.8, 4) is 11.4 Å². The number of fused-ring (bicyclic) bond motifs is 1. The predicted molar refractivity (Wildman–Crippen MR) is 107 cm³/mol. The third kappa shape index (κ3) is 4.07.